The van der Waals surface area contributed by atoms with Crippen LogP contribution in [0.15, 0.2) is 24.3 Å². The number of hydrogen-bond donors (Lipinski definition) is 2. The molecule has 0 aromatic heterocycles. The number of aryl methyl sites for hydroxylation is 1. The van der Waals surface area contributed by atoms with Gasteiger partial charge in [-0.25, -0.2) is 0 Å². The van der Waals surface area contributed by atoms with Crippen molar-refractivity contribution in [1.29, 1.82) is 0 Å². The smallest absolute Gasteiger partial charge is 0.0398 e. The summed E-state index contributed by atoms with van der Waals surface area (Å²) < 4.78 is 0. The summed E-state index contributed by atoms with van der Waals surface area (Å²) >= 11 is 0. The number of unbranched alkanes of at least 4 members (excludes halogenated alkanes) is 2. The third kappa shape index (κ3) is 4.04. The van der Waals surface area contributed by atoms with Gasteiger partial charge in [-0.1, -0.05) is 31.9 Å². The highest BCUT2D eigenvalue weighted by Crippen LogP contribution is 2.14. The van der Waals surface area contributed by atoms with Crippen LogP contribution in [0.4, 0.5) is 5.69 Å². The molecule has 1 aromatic rings. The fourth-order valence-electron chi connectivity index (χ4n) is 2.36. The van der Waals surface area contributed by atoms with Crippen LogP contribution < -0.4 is 10.6 Å². The highest BCUT2D eigenvalue weighted by molar-refractivity contribution is 5.45. The van der Waals surface area contributed by atoms with Crippen LogP contribution in [0.25, 0.3) is 0 Å². The van der Waals surface area contributed by atoms with E-state index in [1.807, 2.05) is 0 Å². The Bertz CT molecular complexity index is 312. The van der Waals surface area contributed by atoms with Crippen LogP contribution in [0.1, 0.15) is 38.2 Å². The van der Waals surface area contributed by atoms with Crippen molar-refractivity contribution < 1.29 is 0 Å². The van der Waals surface area contributed by atoms with Crippen molar-refractivity contribution in [1.82, 2.24) is 5.32 Å². The molecule has 0 bridgehead atoms. The van der Waals surface area contributed by atoms with E-state index in [0.29, 0.717) is 6.04 Å². The minimum Gasteiger partial charge on any atom is -0.381 e. The van der Waals surface area contributed by atoms with Crippen molar-refractivity contribution in [2.45, 2.75) is 45.1 Å². The highest BCUT2D eigenvalue weighted by Gasteiger charge is 2.13. The van der Waals surface area contributed by atoms with E-state index in [2.05, 4.69) is 41.8 Å². The molecule has 17 heavy (non-hydrogen) atoms. The monoisotopic (exact) mass is 232 g/mol. The van der Waals surface area contributed by atoms with Crippen LogP contribution in [0, 0.1) is 0 Å². The molecule has 1 saturated heterocycles. The van der Waals surface area contributed by atoms with Gasteiger partial charge in [0.1, 0.15) is 0 Å². The lowest BCUT2D eigenvalue weighted by atomic mass is 10.1. The molecule has 1 atom stereocenters. The summed E-state index contributed by atoms with van der Waals surface area (Å²) in [7, 11) is 0. The Morgan fingerprint density at radius 3 is 2.71 bits per heavy atom. The van der Waals surface area contributed by atoms with Crippen molar-refractivity contribution in [2.75, 3.05) is 18.4 Å². The highest BCUT2D eigenvalue weighted by atomic mass is 15.0. The predicted molar refractivity (Wildman–Crippen MR) is 74.6 cm³/mol. The third-order valence-electron chi connectivity index (χ3n) is 3.45. The van der Waals surface area contributed by atoms with Gasteiger partial charge in [0, 0.05) is 18.3 Å². The Kier molecular flexibility index (Phi) is 4.87. The topological polar surface area (TPSA) is 24.1 Å². The largest absolute Gasteiger partial charge is 0.381 e. The Morgan fingerprint density at radius 2 is 2.06 bits per heavy atom. The van der Waals surface area contributed by atoms with Crippen molar-refractivity contribution in [3.05, 3.63) is 29.8 Å². The van der Waals surface area contributed by atoms with Crippen molar-refractivity contribution in [3.63, 3.8) is 0 Å². The van der Waals surface area contributed by atoms with Gasteiger partial charge in [-0.3, -0.25) is 0 Å². The van der Waals surface area contributed by atoms with Gasteiger partial charge >= 0.3 is 0 Å². The van der Waals surface area contributed by atoms with E-state index < -0.39 is 0 Å². The second kappa shape index (κ2) is 6.65. The van der Waals surface area contributed by atoms with Crippen LogP contribution in [0.2, 0.25) is 0 Å². The zero-order valence-corrected chi connectivity index (χ0v) is 10.8. The maximum atomic E-state index is 3.57. The summed E-state index contributed by atoms with van der Waals surface area (Å²) in [6.45, 7) is 4.49. The first-order valence-corrected chi connectivity index (χ1v) is 6.94. The molecule has 0 radical (unpaired) electrons. The molecule has 1 aliphatic heterocycles. The molecule has 2 nitrogen and oxygen atoms in total. The number of benzene rings is 1. The molecule has 94 valence electrons. The number of hydrogen-bond acceptors (Lipinski definition) is 2. The summed E-state index contributed by atoms with van der Waals surface area (Å²) in [5.74, 6) is 0. The first-order valence-electron chi connectivity index (χ1n) is 6.94. The van der Waals surface area contributed by atoms with Gasteiger partial charge in [0.2, 0.25) is 0 Å². The summed E-state index contributed by atoms with van der Waals surface area (Å²) in [5, 5.41) is 6.95. The van der Waals surface area contributed by atoms with E-state index in [-0.39, 0.29) is 0 Å². The van der Waals surface area contributed by atoms with E-state index in [1.54, 1.807) is 0 Å². The Hall–Kier alpha value is -1.02. The van der Waals surface area contributed by atoms with Crippen LogP contribution in [0.3, 0.4) is 0 Å². The zero-order chi connectivity index (χ0) is 11.9. The molecule has 1 heterocycles. The molecule has 1 aliphatic rings. The fourth-order valence-corrected chi connectivity index (χ4v) is 2.36. The minimum absolute atomic E-state index is 0.612. The van der Waals surface area contributed by atoms with Crippen molar-refractivity contribution in [2.24, 2.45) is 0 Å². The lowest BCUT2D eigenvalue weighted by Gasteiger charge is -2.13. The maximum absolute atomic E-state index is 3.57. The second-order valence-electron chi connectivity index (χ2n) is 4.99. The van der Waals surface area contributed by atoms with E-state index in [1.165, 1.54) is 43.4 Å². The Labute approximate surface area is 105 Å². The number of anilines is 1. The van der Waals surface area contributed by atoms with Gasteiger partial charge in [-0.05, 0) is 43.5 Å². The van der Waals surface area contributed by atoms with Crippen LogP contribution in [-0.4, -0.2) is 19.1 Å². The minimum atomic E-state index is 0.612. The quantitative estimate of drug-likeness (QED) is 0.736. The van der Waals surface area contributed by atoms with E-state index in [4.69, 9.17) is 0 Å². The molecular formula is C15H24N2. The van der Waals surface area contributed by atoms with Gasteiger partial charge in [-0.2, -0.15) is 0 Å². The Morgan fingerprint density at radius 1 is 1.24 bits per heavy atom. The van der Waals surface area contributed by atoms with Gasteiger partial charge in [0.05, 0.1) is 0 Å². The van der Waals surface area contributed by atoms with E-state index in [9.17, 15) is 0 Å². The first-order chi connectivity index (χ1) is 8.38. The van der Waals surface area contributed by atoms with E-state index >= 15 is 0 Å². The molecule has 0 saturated carbocycles. The molecule has 1 unspecified atom stereocenters. The SMILES string of the molecule is CCCCCc1ccc(NC2CCNC2)cc1. The van der Waals surface area contributed by atoms with Crippen molar-refractivity contribution in [3.8, 4) is 0 Å². The van der Waals surface area contributed by atoms with Crippen LogP contribution >= 0.6 is 0 Å². The molecule has 2 N–H and O–H groups in total. The zero-order valence-electron chi connectivity index (χ0n) is 10.8. The maximum Gasteiger partial charge on any atom is 0.0398 e. The van der Waals surface area contributed by atoms with Crippen molar-refractivity contribution >= 4 is 5.69 Å². The summed E-state index contributed by atoms with van der Waals surface area (Å²) in [6, 6.07) is 9.58. The molecule has 0 spiro atoms. The normalized spacial score (nSPS) is 19.5. The second-order valence-corrected chi connectivity index (χ2v) is 4.99. The molecular weight excluding hydrogens is 208 g/mol. The lowest BCUT2D eigenvalue weighted by Crippen LogP contribution is -2.21. The van der Waals surface area contributed by atoms with E-state index in [0.717, 1.165) is 13.1 Å². The average molecular weight is 232 g/mol. The van der Waals surface area contributed by atoms with Gasteiger partial charge in [0.15, 0.2) is 0 Å². The molecule has 0 aliphatic carbocycles. The Balaban J connectivity index is 1.80. The van der Waals surface area contributed by atoms with Crippen LogP contribution in [-0.2, 0) is 6.42 Å². The molecule has 1 aromatic carbocycles. The molecule has 2 heteroatoms. The van der Waals surface area contributed by atoms with Crippen LogP contribution in [0.5, 0.6) is 0 Å². The standard InChI is InChI=1S/C15H24N2/c1-2-3-4-5-13-6-8-14(9-7-13)17-15-10-11-16-12-15/h6-9,15-17H,2-5,10-12H2,1H3. The summed E-state index contributed by atoms with van der Waals surface area (Å²) in [4.78, 5) is 0. The number of rotatable bonds is 6. The fraction of sp³-hybridized carbons (Fsp3) is 0.600. The van der Waals surface area contributed by atoms with Gasteiger partial charge in [-0.15, -0.1) is 0 Å². The van der Waals surface area contributed by atoms with Gasteiger partial charge in [0.25, 0.3) is 0 Å². The third-order valence-corrected chi connectivity index (χ3v) is 3.45. The first kappa shape index (κ1) is 12.4. The average Bonchev–Trinajstić information content (AvgIpc) is 2.85. The summed E-state index contributed by atoms with van der Waals surface area (Å²) in [5.41, 5.74) is 2.73. The predicted octanol–water partition coefficient (Wildman–Crippen LogP) is 3.19. The van der Waals surface area contributed by atoms with Gasteiger partial charge < -0.3 is 10.6 Å². The molecule has 2 rings (SSSR count). The molecule has 0 amide bonds. The number of nitrogens with one attached hydrogen (secondary N) is 2. The lowest BCUT2D eigenvalue weighted by molar-refractivity contribution is 0.717. The summed E-state index contributed by atoms with van der Waals surface area (Å²) in [6.07, 6.45) is 6.41. The molecule has 1 fully saturated rings.